The van der Waals surface area contributed by atoms with E-state index in [2.05, 4.69) is 14.7 Å². The van der Waals surface area contributed by atoms with Gasteiger partial charge >= 0.3 is 5.76 Å². The number of methoxy groups -OCH3 is 1. The largest absolute Gasteiger partial charge is 0.496 e. The number of aromatic nitrogens is 2. The summed E-state index contributed by atoms with van der Waals surface area (Å²) in [5.41, 5.74) is 1.77. The fourth-order valence-electron chi connectivity index (χ4n) is 1.34. The lowest BCUT2D eigenvalue weighted by molar-refractivity contribution is 0.386. The molecule has 0 atom stereocenters. The first-order valence-electron chi connectivity index (χ1n) is 4.41. The number of nitrogens with one attached hydrogen (secondary N) is 1. The van der Waals surface area contributed by atoms with Gasteiger partial charge in [-0.05, 0) is 24.6 Å². The maximum atomic E-state index is 10.8. The van der Waals surface area contributed by atoms with Crippen LogP contribution in [0.4, 0.5) is 0 Å². The number of H-pyrrole nitrogens is 1. The van der Waals surface area contributed by atoms with Crippen molar-refractivity contribution in [3.8, 4) is 17.1 Å². The fourth-order valence-corrected chi connectivity index (χ4v) is 1.34. The molecule has 0 aliphatic carbocycles. The molecule has 0 spiro atoms. The standard InChI is InChI=1S/C10H10N2O3/c1-6-3-4-7(8(5-6)14-2)9-11-10(13)15-12-9/h3-5H,1-2H3,(H,11,12,13). The minimum absolute atomic E-state index is 0.372. The highest BCUT2D eigenvalue weighted by molar-refractivity contribution is 5.64. The van der Waals surface area contributed by atoms with Crippen LogP contribution < -0.4 is 10.5 Å². The number of hydrogen-bond acceptors (Lipinski definition) is 4. The maximum absolute atomic E-state index is 10.8. The first-order valence-corrected chi connectivity index (χ1v) is 4.41. The van der Waals surface area contributed by atoms with Gasteiger partial charge in [0.25, 0.3) is 0 Å². The normalized spacial score (nSPS) is 10.3. The molecule has 0 saturated carbocycles. The van der Waals surface area contributed by atoms with E-state index < -0.39 is 5.76 Å². The van der Waals surface area contributed by atoms with E-state index in [1.807, 2.05) is 25.1 Å². The Labute approximate surface area is 85.7 Å². The average Bonchev–Trinajstić information content (AvgIpc) is 2.64. The first kappa shape index (κ1) is 9.51. The van der Waals surface area contributed by atoms with Crippen molar-refractivity contribution in [3.63, 3.8) is 0 Å². The van der Waals surface area contributed by atoms with Crippen molar-refractivity contribution in [3.05, 3.63) is 34.3 Å². The number of ether oxygens (including phenoxy) is 1. The van der Waals surface area contributed by atoms with Gasteiger partial charge in [0.2, 0.25) is 0 Å². The minimum Gasteiger partial charge on any atom is -0.496 e. The number of hydrogen-bond donors (Lipinski definition) is 1. The summed E-state index contributed by atoms with van der Waals surface area (Å²) in [6.45, 7) is 1.96. The molecule has 0 bridgehead atoms. The molecule has 0 aliphatic heterocycles. The van der Waals surface area contributed by atoms with Crippen LogP contribution in [0.1, 0.15) is 5.56 Å². The lowest BCUT2D eigenvalue weighted by Gasteiger charge is -2.05. The summed E-state index contributed by atoms with van der Waals surface area (Å²) >= 11 is 0. The van der Waals surface area contributed by atoms with Crippen molar-refractivity contribution in [2.24, 2.45) is 0 Å². The smallest absolute Gasteiger partial charge is 0.439 e. The fraction of sp³-hybridized carbons (Fsp3) is 0.200. The van der Waals surface area contributed by atoms with E-state index in [-0.39, 0.29) is 0 Å². The summed E-state index contributed by atoms with van der Waals surface area (Å²) in [5.74, 6) is 0.448. The molecule has 5 heteroatoms. The van der Waals surface area contributed by atoms with Crippen LogP contribution in [0.15, 0.2) is 27.5 Å². The summed E-state index contributed by atoms with van der Waals surface area (Å²) in [5, 5.41) is 3.60. The number of aromatic amines is 1. The van der Waals surface area contributed by atoms with E-state index in [1.165, 1.54) is 0 Å². The number of nitrogens with zero attached hydrogens (tertiary/aromatic N) is 1. The van der Waals surface area contributed by atoms with Crippen LogP contribution in [-0.2, 0) is 0 Å². The van der Waals surface area contributed by atoms with E-state index in [4.69, 9.17) is 4.74 Å². The quantitative estimate of drug-likeness (QED) is 0.805. The second-order valence-corrected chi connectivity index (χ2v) is 3.15. The highest BCUT2D eigenvalue weighted by Crippen LogP contribution is 2.27. The van der Waals surface area contributed by atoms with Crippen molar-refractivity contribution < 1.29 is 9.26 Å². The Hall–Kier alpha value is -2.04. The molecule has 0 radical (unpaired) electrons. The molecular formula is C10H10N2O3. The van der Waals surface area contributed by atoms with Crippen LogP contribution in [0.5, 0.6) is 5.75 Å². The molecule has 78 valence electrons. The molecule has 0 amide bonds. The van der Waals surface area contributed by atoms with Crippen molar-refractivity contribution in [1.82, 2.24) is 10.1 Å². The summed E-state index contributed by atoms with van der Waals surface area (Å²) in [6.07, 6.45) is 0. The average molecular weight is 206 g/mol. The molecule has 2 rings (SSSR count). The third-order valence-electron chi connectivity index (χ3n) is 2.05. The van der Waals surface area contributed by atoms with Gasteiger partial charge in [0.1, 0.15) is 5.75 Å². The van der Waals surface area contributed by atoms with Crippen LogP contribution in [0, 0.1) is 6.92 Å². The van der Waals surface area contributed by atoms with Crippen LogP contribution in [-0.4, -0.2) is 17.3 Å². The van der Waals surface area contributed by atoms with Gasteiger partial charge in [0.05, 0.1) is 12.7 Å². The molecule has 0 fully saturated rings. The molecule has 0 unspecified atom stereocenters. The van der Waals surface area contributed by atoms with E-state index in [0.717, 1.165) is 5.56 Å². The third-order valence-corrected chi connectivity index (χ3v) is 2.05. The monoisotopic (exact) mass is 206 g/mol. The third kappa shape index (κ3) is 1.76. The van der Waals surface area contributed by atoms with Gasteiger partial charge in [-0.3, -0.25) is 9.51 Å². The van der Waals surface area contributed by atoms with Crippen LogP contribution in [0.2, 0.25) is 0 Å². The highest BCUT2D eigenvalue weighted by Gasteiger charge is 2.10. The Balaban J connectivity index is 2.57. The number of benzene rings is 1. The Bertz CT molecular complexity index is 527. The maximum Gasteiger partial charge on any atom is 0.439 e. The van der Waals surface area contributed by atoms with Crippen LogP contribution in [0.3, 0.4) is 0 Å². The summed E-state index contributed by atoms with van der Waals surface area (Å²) in [4.78, 5) is 13.3. The van der Waals surface area contributed by atoms with Gasteiger partial charge in [-0.25, -0.2) is 4.79 Å². The Morgan fingerprint density at radius 2 is 2.27 bits per heavy atom. The predicted molar refractivity (Wildman–Crippen MR) is 53.8 cm³/mol. The number of aryl methyl sites for hydroxylation is 1. The molecule has 1 aromatic carbocycles. The summed E-state index contributed by atoms with van der Waals surface area (Å²) in [6, 6.07) is 5.59. The second-order valence-electron chi connectivity index (χ2n) is 3.15. The van der Waals surface area contributed by atoms with Gasteiger partial charge in [-0.2, -0.15) is 0 Å². The van der Waals surface area contributed by atoms with E-state index in [9.17, 15) is 4.79 Å². The van der Waals surface area contributed by atoms with Crippen molar-refractivity contribution >= 4 is 0 Å². The van der Waals surface area contributed by atoms with Gasteiger partial charge in [-0.1, -0.05) is 11.2 Å². The zero-order chi connectivity index (χ0) is 10.8. The van der Waals surface area contributed by atoms with Crippen LogP contribution >= 0.6 is 0 Å². The predicted octanol–water partition coefficient (Wildman–Crippen LogP) is 1.35. The Kier molecular flexibility index (Phi) is 2.29. The first-order chi connectivity index (χ1) is 7.20. The molecule has 0 aliphatic rings. The number of rotatable bonds is 2. The Morgan fingerprint density at radius 3 is 2.87 bits per heavy atom. The topological polar surface area (TPSA) is 68.1 Å². The van der Waals surface area contributed by atoms with E-state index in [0.29, 0.717) is 17.1 Å². The molecule has 1 aromatic heterocycles. The summed E-state index contributed by atoms with van der Waals surface area (Å²) in [7, 11) is 1.57. The van der Waals surface area contributed by atoms with Crippen molar-refractivity contribution in [1.29, 1.82) is 0 Å². The minimum atomic E-state index is -0.576. The molecule has 5 nitrogen and oxygen atoms in total. The molecule has 1 N–H and O–H groups in total. The van der Waals surface area contributed by atoms with Gasteiger partial charge in [-0.15, -0.1) is 0 Å². The van der Waals surface area contributed by atoms with Gasteiger partial charge in [0.15, 0.2) is 5.82 Å². The molecule has 1 heterocycles. The van der Waals surface area contributed by atoms with Crippen molar-refractivity contribution in [2.45, 2.75) is 6.92 Å². The Morgan fingerprint density at radius 1 is 1.47 bits per heavy atom. The lowest BCUT2D eigenvalue weighted by Crippen LogP contribution is -1.96. The zero-order valence-electron chi connectivity index (χ0n) is 8.40. The molecule has 15 heavy (non-hydrogen) atoms. The summed E-state index contributed by atoms with van der Waals surface area (Å²) < 4.78 is 9.62. The van der Waals surface area contributed by atoms with E-state index in [1.54, 1.807) is 7.11 Å². The highest BCUT2D eigenvalue weighted by atomic mass is 16.5. The molecular weight excluding hydrogens is 196 g/mol. The zero-order valence-corrected chi connectivity index (χ0v) is 8.40. The van der Waals surface area contributed by atoms with Crippen LogP contribution in [0.25, 0.3) is 11.4 Å². The van der Waals surface area contributed by atoms with Gasteiger partial charge in [0, 0.05) is 0 Å². The second kappa shape index (κ2) is 3.61. The van der Waals surface area contributed by atoms with E-state index >= 15 is 0 Å². The molecule has 2 aromatic rings. The lowest BCUT2D eigenvalue weighted by atomic mass is 10.1. The molecule has 0 saturated heterocycles. The van der Waals surface area contributed by atoms with Gasteiger partial charge < -0.3 is 4.74 Å². The van der Waals surface area contributed by atoms with Crippen molar-refractivity contribution in [2.75, 3.05) is 7.11 Å². The SMILES string of the molecule is COc1cc(C)ccc1-c1noc(=O)[nH]1.